The molecule has 0 unspecified atom stereocenters. The van der Waals surface area contributed by atoms with E-state index in [1.807, 2.05) is 13.0 Å². The Bertz CT molecular complexity index is 930. The highest BCUT2D eigenvalue weighted by Gasteiger charge is 2.29. The van der Waals surface area contributed by atoms with Gasteiger partial charge in [0.2, 0.25) is 11.8 Å². The number of hydrogen-bond donors (Lipinski definition) is 2. The molecular formula is C17H17N5O2. The fourth-order valence-corrected chi connectivity index (χ4v) is 2.63. The van der Waals surface area contributed by atoms with Crippen LogP contribution in [0.1, 0.15) is 18.6 Å². The Labute approximate surface area is 138 Å². The summed E-state index contributed by atoms with van der Waals surface area (Å²) in [5, 5.41) is 7.64. The highest BCUT2D eigenvalue weighted by molar-refractivity contribution is 6.02. The number of carbonyl (C=O) groups is 1. The Morgan fingerprint density at radius 2 is 2.00 bits per heavy atom. The normalized spacial score (nSPS) is 13.9. The van der Waals surface area contributed by atoms with Gasteiger partial charge >= 0.3 is 0 Å². The van der Waals surface area contributed by atoms with Crippen LogP contribution in [0.25, 0.3) is 22.2 Å². The second-order valence-corrected chi connectivity index (χ2v) is 5.93. The smallest absolute Gasteiger partial charge is 0.228 e. The molecule has 0 aliphatic heterocycles. The maximum atomic E-state index is 12.0. The van der Waals surface area contributed by atoms with Crippen LogP contribution in [0.2, 0.25) is 0 Å². The van der Waals surface area contributed by atoms with Crippen LogP contribution in [0, 0.1) is 12.8 Å². The molecule has 7 nitrogen and oxygen atoms in total. The lowest BCUT2D eigenvalue weighted by atomic mass is 10.1. The van der Waals surface area contributed by atoms with Crippen molar-refractivity contribution >= 4 is 28.3 Å². The maximum absolute atomic E-state index is 12.0. The average molecular weight is 323 g/mol. The number of amides is 1. The molecule has 0 spiro atoms. The summed E-state index contributed by atoms with van der Waals surface area (Å²) in [7, 11) is 1.81. The van der Waals surface area contributed by atoms with Crippen LogP contribution in [-0.2, 0) is 4.79 Å². The van der Waals surface area contributed by atoms with E-state index in [1.165, 1.54) is 0 Å². The van der Waals surface area contributed by atoms with Crippen molar-refractivity contribution < 1.29 is 9.21 Å². The molecule has 1 fully saturated rings. The van der Waals surface area contributed by atoms with Gasteiger partial charge in [0.15, 0.2) is 0 Å². The lowest BCUT2D eigenvalue weighted by Gasteiger charge is -2.10. The molecule has 3 heterocycles. The summed E-state index contributed by atoms with van der Waals surface area (Å²) in [5.74, 6) is 2.62. The third-order valence-corrected chi connectivity index (χ3v) is 4.06. The van der Waals surface area contributed by atoms with Gasteiger partial charge in [-0.3, -0.25) is 4.79 Å². The molecule has 3 aromatic heterocycles. The van der Waals surface area contributed by atoms with Crippen LogP contribution >= 0.6 is 0 Å². The van der Waals surface area contributed by atoms with Crippen molar-refractivity contribution in [1.29, 1.82) is 0 Å². The number of pyridine rings is 2. The van der Waals surface area contributed by atoms with E-state index in [1.54, 1.807) is 25.6 Å². The van der Waals surface area contributed by atoms with Crippen molar-refractivity contribution in [3.05, 3.63) is 30.4 Å². The molecule has 2 N–H and O–H groups in total. The van der Waals surface area contributed by atoms with E-state index in [2.05, 4.69) is 25.6 Å². The van der Waals surface area contributed by atoms with E-state index in [-0.39, 0.29) is 11.8 Å². The number of aromatic nitrogens is 3. The van der Waals surface area contributed by atoms with Gasteiger partial charge in [-0.25, -0.2) is 15.0 Å². The average Bonchev–Trinajstić information content (AvgIpc) is 3.35. The fraction of sp³-hybridized carbons (Fsp3) is 0.294. The third-order valence-electron chi connectivity index (χ3n) is 4.06. The quantitative estimate of drug-likeness (QED) is 0.767. The lowest BCUT2D eigenvalue weighted by Crippen LogP contribution is -2.14. The van der Waals surface area contributed by atoms with Crippen LogP contribution in [0.3, 0.4) is 0 Å². The van der Waals surface area contributed by atoms with E-state index in [4.69, 9.17) is 4.42 Å². The monoisotopic (exact) mass is 323 g/mol. The zero-order valence-corrected chi connectivity index (χ0v) is 13.5. The summed E-state index contributed by atoms with van der Waals surface area (Å²) in [4.78, 5) is 25.0. The number of nitrogens with one attached hydrogen (secondary N) is 2. The first-order chi connectivity index (χ1) is 11.7. The summed E-state index contributed by atoms with van der Waals surface area (Å²) in [6.07, 6.45) is 6.99. The molecule has 0 radical (unpaired) electrons. The molecule has 1 amide bonds. The summed E-state index contributed by atoms with van der Waals surface area (Å²) in [6.45, 7) is 1.84. The number of hydrogen-bond acceptors (Lipinski definition) is 6. The number of nitrogens with zero attached hydrogens (tertiary/aromatic N) is 3. The van der Waals surface area contributed by atoms with E-state index < -0.39 is 0 Å². The molecule has 1 aliphatic carbocycles. The largest absolute Gasteiger partial charge is 0.441 e. The maximum Gasteiger partial charge on any atom is 0.228 e. The van der Waals surface area contributed by atoms with Crippen LogP contribution in [-0.4, -0.2) is 27.9 Å². The number of aryl methyl sites for hydroxylation is 1. The number of rotatable bonds is 4. The highest BCUT2D eigenvalue weighted by Crippen LogP contribution is 2.33. The van der Waals surface area contributed by atoms with Gasteiger partial charge in [-0.05, 0) is 25.8 Å². The molecule has 4 rings (SSSR count). The van der Waals surface area contributed by atoms with Crippen molar-refractivity contribution in [3.8, 4) is 11.5 Å². The topological polar surface area (TPSA) is 92.9 Å². The van der Waals surface area contributed by atoms with Gasteiger partial charge in [-0.15, -0.1) is 0 Å². The van der Waals surface area contributed by atoms with Gasteiger partial charge in [-0.1, -0.05) is 0 Å². The molecule has 1 saturated carbocycles. The molecule has 1 aliphatic rings. The van der Waals surface area contributed by atoms with Crippen molar-refractivity contribution in [2.75, 3.05) is 17.7 Å². The minimum Gasteiger partial charge on any atom is -0.441 e. The summed E-state index contributed by atoms with van der Waals surface area (Å²) >= 11 is 0. The first-order valence-electron chi connectivity index (χ1n) is 7.86. The zero-order valence-electron chi connectivity index (χ0n) is 13.5. The predicted molar refractivity (Wildman–Crippen MR) is 90.7 cm³/mol. The van der Waals surface area contributed by atoms with E-state index in [0.29, 0.717) is 17.5 Å². The second kappa shape index (κ2) is 5.59. The van der Waals surface area contributed by atoms with Crippen molar-refractivity contribution in [3.63, 3.8) is 0 Å². The minimum absolute atomic E-state index is 0.0262. The minimum atomic E-state index is 0.0262. The van der Waals surface area contributed by atoms with Crippen molar-refractivity contribution in [1.82, 2.24) is 15.0 Å². The molecular weight excluding hydrogens is 306 g/mol. The predicted octanol–water partition coefficient (Wildman–Crippen LogP) is 2.98. The first kappa shape index (κ1) is 14.6. The molecule has 0 saturated heterocycles. The van der Waals surface area contributed by atoms with E-state index in [0.717, 1.165) is 34.9 Å². The Hall–Kier alpha value is -2.96. The summed E-state index contributed by atoms with van der Waals surface area (Å²) in [5.41, 5.74) is 0.765. The second-order valence-electron chi connectivity index (χ2n) is 5.93. The fourth-order valence-electron chi connectivity index (χ4n) is 2.63. The Morgan fingerprint density at radius 3 is 2.67 bits per heavy atom. The molecule has 0 bridgehead atoms. The van der Waals surface area contributed by atoms with Crippen molar-refractivity contribution in [2.45, 2.75) is 19.8 Å². The van der Waals surface area contributed by atoms with E-state index >= 15 is 0 Å². The van der Waals surface area contributed by atoms with Crippen molar-refractivity contribution in [2.24, 2.45) is 5.92 Å². The van der Waals surface area contributed by atoms with Crippen LogP contribution < -0.4 is 10.6 Å². The lowest BCUT2D eigenvalue weighted by molar-refractivity contribution is -0.117. The summed E-state index contributed by atoms with van der Waals surface area (Å²) < 4.78 is 5.64. The SMILES string of the molecule is CNc1ncc(-c2ncc(C)o2)c2cc(NC(=O)C3CC3)ncc12. The third kappa shape index (κ3) is 2.58. The van der Waals surface area contributed by atoms with Gasteiger partial charge in [0.05, 0.1) is 11.8 Å². The van der Waals surface area contributed by atoms with Crippen LogP contribution in [0.5, 0.6) is 0 Å². The number of oxazole rings is 1. The zero-order chi connectivity index (χ0) is 16.7. The van der Waals surface area contributed by atoms with Gasteiger partial charge in [0.1, 0.15) is 17.4 Å². The van der Waals surface area contributed by atoms with Gasteiger partial charge in [0.25, 0.3) is 0 Å². The Morgan fingerprint density at radius 1 is 1.17 bits per heavy atom. The molecule has 7 heteroatoms. The van der Waals surface area contributed by atoms with Crippen LogP contribution in [0.4, 0.5) is 11.6 Å². The first-order valence-corrected chi connectivity index (χ1v) is 7.86. The number of anilines is 2. The Balaban J connectivity index is 1.83. The van der Waals surface area contributed by atoms with Gasteiger partial charge in [-0.2, -0.15) is 0 Å². The van der Waals surface area contributed by atoms with Gasteiger partial charge in [0, 0.05) is 36.1 Å². The standard InChI is InChI=1S/C17H17N5O2/c1-9-6-21-17(24-9)13-8-20-15(18-2)12-7-19-14(5-11(12)13)22-16(23)10-3-4-10/h5-8,10H,3-4H2,1-2H3,(H,18,20)(H,19,22,23). The Kier molecular flexibility index (Phi) is 3.41. The molecule has 3 aromatic rings. The summed E-state index contributed by atoms with van der Waals surface area (Å²) in [6, 6.07) is 1.84. The number of carbonyl (C=O) groups excluding carboxylic acids is 1. The van der Waals surface area contributed by atoms with Crippen LogP contribution in [0.15, 0.2) is 29.1 Å². The number of fused-ring (bicyclic) bond motifs is 1. The molecule has 0 atom stereocenters. The molecule has 0 aromatic carbocycles. The molecule has 24 heavy (non-hydrogen) atoms. The van der Waals surface area contributed by atoms with E-state index in [9.17, 15) is 4.79 Å². The molecule has 122 valence electrons. The van der Waals surface area contributed by atoms with Gasteiger partial charge < -0.3 is 15.1 Å². The highest BCUT2D eigenvalue weighted by atomic mass is 16.4.